The van der Waals surface area contributed by atoms with Crippen molar-refractivity contribution < 1.29 is 9.53 Å². The first kappa shape index (κ1) is 11.1. The Bertz CT molecular complexity index is 334. The Morgan fingerprint density at radius 1 is 1.56 bits per heavy atom. The zero-order valence-electron chi connectivity index (χ0n) is 9.19. The first-order chi connectivity index (χ1) is 7.84. The smallest absolute Gasteiger partial charge is 0.226 e. The zero-order valence-corrected chi connectivity index (χ0v) is 9.19. The fourth-order valence-corrected chi connectivity index (χ4v) is 1.76. The van der Waals surface area contributed by atoms with Crippen LogP contribution in [0.25, 0.3) is 0 Å². The SMILES string of the molecule is O=C(Cc1ccccn1)NCC1CCCO1. The summed E-state index contributed by atoms with van der Waals surface area (Å²) in [6, 6.07) is 5.58. The average molecular weight is 220 g/mol. The van der Waals surface area contributed by atoms with E-state index in [0.29, 0.717) is 13.0 Å². The first-order valence-corrected chi connectivity index (χ1v) is 5.63. The third kappa shape index (κ3) is 3.31. The fraction of sp³-hybridized carbons (Fsp3) is 0.500. The lowest BCUT2D eigenvalue weighted by Gasteiger charge is -2.10. The van der Waals surface area contributed by atoms with E-state index in [1.165, 1.54) is 0 Å². The molecule has 1 aromatic rings. The van der Waals surface area contributed by atoms with Gasteiger partial charge in [-0.3, -0.25) is 9.78 Å². The number of hydrogen-bond donors (Lipinski definition) is 1. The molecule has 1 aliphatic rings. The molecule has 0 saturated carbocycles. The van der Waals surface area contributed by atoms with Crippen LogP contribution in [0.3, 0.4) is 0 Å². The van der Waals surface area contributed by atoms with Crippen LogP contribution in [0.5, 0.6) is 0 Å². The van der Waals surface area contributed by atoms with Gasteiger partial charge in [-0.2, -0.15) is 0 Å². The van der Waals surface area contributed by atoms with Crippen LogP contribution in [0.1, 0.15) is 18.5 Å². The topological polar surface area (TPSA) is 51.2 Å². The van der Waals surface area contributed by atoms with Gasteiger partial charge in [0.1, 0.15) is 0 Å². The van der Waals surface area contributed by atoms with Crippen molar-refractivity contribution >= 4 is 5.91 Å². The van der Waals surface area contributed by atoms with E-state index >= 15 is 0 Å². The fourth-order valence-electron chi connectivity index (χ4n) is 1.76. The lowest BCUT2D eigenvalue weighted by atomic mass is 10.2. The van der Waals surface area contributed by atoms with Gasteiger partial charge in [-0.15, -0.1) is 0 Å². The molecule has 0 aromatic carbocycles. The van der Waals surface area contributed by atoms with Gasteiger partial charge in [-0.1, -0.05) is 6.07 Å². The highest BCUT2D eigenvalue weighted by Gasteiger charge is 2.16. The van der Waals surface area contributed by atoms with E-state index in [1.54, 1.807) is 6.20 Å². The summed E-state index contributed by atoms with van der Waals surface area (Å²) in [7, 11) is 0. The number of pyridine rings is 1. The Morgan fingerprint density at radius 2 is 2.50 bits per heavy atom. The Kier molecular flexibility index (Phi) is 3.88. The summed E-state index contributed by atoms with van der Waals surface area (Å²) < 4.78 is 5.42. The number of ether oxygens (including phenoxy) is 1. The Balaban J connectivity index is 1.72. The molecule has 1 unspecified atom stereocenters. The molecule has 1 saturated heterocycles. The van der Waals surface area contributed by atoms with Crippen molar-refractivity contribution in [3.8, 4) is 0 Å². The van der Waals surface area contributed by atoms with Gasteiger partial charge in [0.05, 0.1) is 12.5 Å². The molecule has 86 valence electrons. The number of carbonyl (C=O) groups excluding carboxylic acids is 1. The second-order valence-electron chi connectivity index (χ2n) is 3.94. The van der Waals surface area contributed by atoms with Crippen molar-refractivity contribution in [3.63, 3.8) is 0 Å². The van der Waals surface area contributed by atoms with Gasteiger partial charge in [0.2, 0.25) is 5.91 Å². The van der Waals surface area contributed by atoms with Crippen LogP contribution in [0.4, 0.5) is 0 Å². The molecule has 2 rings (SSSR count). The van der Waals surface area contributed by atoms with Crippen LogP contribution in [0.2, 0.25) is 0 Å². The van der Waals surface area contributed by atoms with Gasteiger partial charge in [0.15, 0.2) is 0 Å². The van der Waals surface area contributed by atoms with Gasteiger partial charge < -0.3 is 10.1 Å². The minimum Gasteiger partial charge on any atom is -0.376 e. The highest BCUT2D eigenvalue weighted by atomic mass is 16.5. The summed E-state index contributed by atoms with van der Waals surface area (Å²) in [5.74, 6) is 0.00852. The molecule has 1 fully saturated rings. The number of nitrogens with zero attached hydrogens (tertiary/aromatic N) is 1. The Hall–Kier alpha value is -1.42. The Labute approximate surface area is 95.0 Å². The summed E-state index contributed by atoms with van der Waals surface area (Å²) in [6.07, 6.45) is 4.38. The summed E-state index contributed by atoms with van der Waals surface area (Å²) >= 11 is 0. The monoisotopic (exact) mass is 220 g/mol. The molecular formula is C12H16N2O2. The predicted octanol–water partition coefficient (Wildman–Crippen LogP) is 0.919. The molecule has 16 heavy (non-hydrogen) atoms. The van der Waals surface area contributed by atoms with E-state index in [9.17, 15) is 4.79 Å². The van der Waals surface area contributed by atoms with Crippen molar-refractivity contribution in [2.45, 2.75) is 25.4 Å². The molecule has 0 spiro atoms. The van der Waals surface area contributed by atoms with Crippen molar-refractivity contribution in [2.24, 2.45) is 0 Å². The maximum Gasteiger partial charge on any atom is 0.226 e. The molecule has 1 atom stereocenters. The third-order valence-corrected chi connectivity index (χ3v) is 2.62. The van der Waals surface area contributed by atoms with Gasteiger partial charge >= 0.3 is 0 Å². The highest BCUT2D eigenvalue weighted by Crippen LogP contribution is 2.10. The molecule has 1 N–H and O–H groups in total. The maximum absolute atomic E-state index is 11.6. The number of rotatable bonds is 4. The minimum atomic E-state index is 0.00852. The molecule has 4 nitrogen and oxygen atoms in total. The molecule has 1 aliphatic heterocycles. The Morgan fingerprint density at radius 3 is 3.19 bits per heavy atom. The minimum absolute atomic E-state index is 0.00852. The van der Waals surface area contributed by atoms with Crippen LogP contribution >= 0.6 is 0 Å². The molecule has 0 radical (unpaired) electrons. The molecule has 1 amide bonds. The standard InChI is InChI=1S/C12H16N2O2/c15-12(8-10-4-1-2-6-13-10)14-9-11-5-3-7-16-11/h1-2,4,6,11H,3,5,7-9H2,(H,14,15). The quantitative estimate of drug-likeness (QED) is 0.821. The lowest BCUT2D eigenvalue weighted by Crippen LogP contribution is -2.32. The highest BCUT2D eigenvalue weighted by molar-refractivity contribution is 5.78. The molecule has 4 heteroatoms. The maximum atomic E-state index is 11.6. The normalized spacial score (nSPS) is 19.6. The largest absolute Gasteiger partial charge is 0.376 e. The lowest BCUT2D eigenvalue weighted by molar-refractivity contribution is -0.121. The van der Waals surface area contributed by atoms with E-state index in [0.717, 1.165) is 25.1 Å². The van der Waals surface area contributed by atoms with Crippen molar-refractivity contribution in [1.82, 2.24) is 10.3 Å². The number of aromatic nitrogens is 1. The summed E-state index contributed by atoms with van der Waals surface area (Å²) in [6.45, 7) is 1.44. The summed E-state index contributed by atoms with van der Waals surface area (Å²) in [5.41, 5.74) is 0.798. The van der Waals surface area contributed by atoms with Crippen molar-refractivity contribution in [3.05, 3.63) is 30.1 Å². The number of nitrogens with one attached hydrogen (secondary N) is 1. The second kappa shape index (κ2) is 5.61. The van der Waals surface area contributed by atoms with Gasteiger partial charge in [-0.05, 0) is 25.0 Å². The van der Waals surface area contributed by atoms with E-state index in [2.05, 4.69) is 10.3 Å². The molecular weight excluding hydrogens is 204 g/mol. The summed E-state index contributed by atoms with van der Waals surface area (Å²) in [5, 5.41) is 2.87. The third-order valence-electron chi connectivity index (χ3n) is 2.62. The van der Waals surface area contributed by atoms with E-state index < -0.39 is 0 Å². The van der Waals surface area contributed by atoms with E-state index in [1.807, 2.05) is 18.2 Å². The van der Waals surface area contributed by atoms with Crippen molar-refractivity contribution in [1.29, 1.82) is 0 Å². The van der Waals surface area contributed by atoms with Crippen LogP contribution in [-0.4, -0.2) is 30.1 Å². The van der Waals surface area contributed by atoms with E-state index in [-0.39, 0.29) is 12.0 Å². The first-order valence-electron chi connectivity index (χ1n) is 5.63. The number of amides is 1. The van der Waals surface area contributed by atoms with Crippen LogP contribution in [-0.2, 0) is 16.0 Å². The molecule has 0 aliphatic carbocycles. The predicted molar refractivity (Wildman–Crippen MR) is 59.9 cm³/mol. The van der Waals surface area contributed by atoms with Crippen LogP contribution in [0.15, 0.2) is 24.4 Å². The van der Waals surface area contributed by atoms with Gasteiger partial charge in [-0.25, -0.2) is 0 Å². The zero-order chi connectivity index (χ0) is 11.2. The van der Waals surface area contributed by atoms with Crippen molar-refractivity contribution in [2.75, 3.05) is 13.2 Å². The van der Waals surface area contributed by atoms with Gasteiger partial charge in [0.25, 0.3) is 0 Å². The van der Waals surface area contributed by atoms with Gasteiger partial charge in [0, 0.05) is 25.0 Å². The molecule has 2 heterocycles. The van der Waals surface area contributed by atoms with Crippen LogP contribution in [0, 0.1) is 0 Å². The molecule has 0 bridgehead atoms. The summed E-state index contributed by atoms with van der Waals surface area (Å²) in [4.78, 5) is 15.7. The number of hydrogen-bond acceptors (Lipinski definition) is 3. The van der Waals surface area contributed by atoms with E-state index in [4.69, 9.17) is 4.74 Å². The number of carbonyl (C=O) groups is 1. The molecule has 1 aromatic heterocycles. The average Bonchev–Trinajstić information content (AvgIpc) is 2.81. The second-order valence-corrected chi connectivity index (χ2v) is 3.94. The van der Waals surface area contributed by atoms with Crippen LogP contribution < -0.4 is 5.32 Å².